The second kappa shape index (κ2) is 9.78. The van der Waals surface area contributed by atoms with Crippen LogP contribution in [0.4, 0.5) is 4.79 Å². The smallest absolute Gasteiger partial charge is 0.317 e. The Morgan fingerprint density at radius 3 is 3.13 bits per heavy atom. The van der Waals surface area contributed by atoms with E-state index in [9.17, 15) is 4.79 Å². The van der Waals surface area contributed by atoms with Gasteiger partial charge in [-0.05, 0) is 30.2 Å². The Kier molecular flexibility index (Phi) is 7.68. The van der Waals surface area contributed by atoms with Gasteiger partial charge in [-0.3, -0.25) is 4.98 Å². The van der Waals surface area contributed by atoms with Gasteiger partial charge >= 0.3 is 6.03 Å². The molecular weight excluding hydrogens is 310 g/mol. The van der Waals surface area contributed by atoms with Crippen LogP contribution in [0.15, 0.2) is 24.4 Å². The lowest BCUT2D eigenvalue weighted by Gasteiger charge is -2.32. The molecule has 0 bridgehead atoms. The summed E-state index contributed by atoms with van der Waals surface area (Å²) in [5.74, 6) is 0.955. The highest BCUT2D eigenvalue weighted by molar-refractivity contribution is 7.99. The number of ether oxygens (including phenoxy) is 1. The number of rotatable bonds is 7. The molecule has 2 amide bonds. The third-order valence-corrected chi connectivity index (χ3v) is 4.79. The summed E-state index contributed by atoms with van der Waals surface area (Å²) < 4.78 is 5.92. The van der Waals surface area contributed by atoms with Crippen LogP contribution in [0.2, 0.25) is 0 Å². The average Bonchev–Trinajstić information content (AvgIpc) is 2.58. The Hall–Kier alpha value is -1.27. The van der Waals surface area contributed by atoms with Gasteiger partial charge in [-0.2, -0.15) is 11.8 Å². The maximum absolute atomic E-state index is 12.2. The predicted octanol–water partition coefficient (Wildman–Crippen LogP) is 2.91. The molecule has 1 N–H and O–H groups in total. The van der Waals surface area contributed by atoms with Gasteiger partial charge in [0.05, 0.1) is 18.4 Å². The van der Waals surface area contributed by atoms with E-state index in [0.717, 1.165) is 37.4 Å². The lowest BCUT2D eigenvalue weighted by atomic mass is 10.1. The lowest BCUT2D eigenvalue weighted by Crippen LogP contribution is -2.48. The van der Waals surface area contributed by atoms with Gasteiger partial charge in [0.15, 0.2) is 0 Å². The van der Waals surface area contributed by atoms with Gasteiger partial charge in [-0.25, -0.2) is 4.79 Å². The molecule has 1 aliphatic rings. The Morgan fingerprint density at radius 2 is 2.39 bits per heavy atom. The first kappa shape index (κ1) is 18.1. The van der Waals surface area contributed by atoms with Crippen LogP contribution in [-0.4, -0.2) is 52.7 Å². The normalized spacial score (nSPS) is 18.2. The molecule has 0 radical (unpaired) electrons. The largest absolute Gasteiger partial charge is 0.370 e. The fourth-order valence-electron chi connectivity index (χ4n) is 2.51. The van der Waals surface area contributed by atoms with Gasteiger partial charge in [0.2, 0.25) is 0 Å². The Bertz CT molecular complexity index is 470. The molecule has 0 aliphatic carbocycles. The SMILES string of the molecule is CC(C)SCCNC(=O)N1CCCC(OCc2ccccn2)C1. The number of amides is 2. The molecule has 1 aromatic rings. The highest BCUT2D eigenvalue weighted by Crippen LogP contribution is 2.15. The van der Waals surface area contributed by atoms with E-state index >= 15 is 0 Å². The van der Waals surface area contributed by atoms with Crippen molar-refractivity contribution in [3.8, 4) is 0 Å². The van der Waals surface area contributed by atoms with E-state index in [0.29, 0.717) is 18.4 Å². The molecule has 1 unspecified atom stereocenters. The minimum Gasteiger partial charge on any atom is -0.370 e. The number of nitrogens with one attached hydrogen (secondary N) is 1. The Morgan fingerprint density at radius 1 is 1.52 bits per heavy atom. The third kappa shape index (κ3) is 6.79. The summed E-state index contributed by atoms with van der Waals surface area (Å²) in [6.45, 7) is 7.04. The molecule has 1 fully saturated rings. The Labute approximate surface area is 143 Å². The van der Waals surface area contributed by atoms with E-state index < -0.39 is 0 Å². The zero-order valence-corrected chi connectivity index (χ0v) is 14.8. The van der Waals surface area contributed by atoms with Crippen molar-refractivity contribution in [3.05, 3.63) is 30.1 Å². The maximum atomic E-state index is 12.2. The minimum atomic E-state index is 0.0282. The summed E-state index contributed by atoms with van der Waals surface area (Å²) in [5.41, 5.74) is 0.930. The summed E-state index contributed by atoms with van der Waals surface area (Å²) in [4.78, 5) is 18.3. The summed E-state index contributed by atoms with van der Waals surface area (Å²) in [5, 5.41) is 3.60. The van der Waals surface area contributed by atoms with Gasteiger partial charge in [-0.15, -0.1) is 0 Å². The highest BCUT2D eigenvalue weighted by atomic mass is 32.2. The van der Waals surface area contributed by atoms with Crippen molar-refractivity contribution in [2.45, 2.75) is 44.6 Å². The maximum Gasteiger partial charge on any atom is 0.317 e. The number of aromatic nitrogens is 1. The van der Waals surface area contributed by atoms with E-state index in [-0.39, 0.29) is 12.1 Å². The van der Waals surface area contributed by atoms with Crippen molar-refractivity contribution in [3.63, 3.8) is 0 Å². The highest BCUT2D eigenvalue weighted by Gasteiger charge is 2.24. The number of hydrogen-bond acceptors (Lipinski definition) is 4. The Balaban J connectivity index is 1.69. The molecule has 2 rings (SSSR count). The molecule has 23 heavy (non-hydrogen) atoms. The van der Waals surface area contributed by atoms with Crippen molar-refractivity contribution in [2.75, 3.05) is 25.4 Å². The first-order valence-corrected chi connectivity index (χ1v) is 9.36. The minimum absolute atomic E-state index is 0.0282. The molecule has 1 atom stereocenters. The molecule has 0 saturated carbocycles. The number of urea groups is 1. The van der Waals surface area contributed by atoms with Crippen LogP contribution in [0.5, 0.6) is 0 Å². The number of thioether (sulfide) groups is 1. The number of nitrogens with zero attached hydrogens (tertiary/aromatic N) is 2. The monoisotopic (exact) mass is 337 g/mol. The zero-order chi connectivity index (χ0) is 16.5. The van der Waals surface area contributed by atoms with Crippen molar-refractivity contribution in [1.82, 2.24) is 15.2 Å². The summed E-state index contributed by atoms with van der Waals surface area (Å²) in [7, 11) is 0. The number of hydrogen-bond donors (Lipinski definition) is 1. The second-order valence-electron chi connectivity index (χ2n) is 5.99. The van der Waals surface area contributed by atoms with Crippen molar-refractivity contribution >= 4 is 17.8 Å². The lowest BCUT2D eigenvalue weighted by molar-refractivity contribution is -0.00159. The summed E-state index contributed by atoms with van der Waals surface area (Å²) in [6, 6.07) is 5.84. The summed E-state index contributed by atoms with van der Waals surface area (Å²) >= 11 is 1.86. The first-order chi connectivity index (χ1) is 11.1. The molecule has 5 nitrogen and oxygen atoms in total. The van der Waals surface area contributed by atoms with Crippen LogP contribution in [0.3, 0.4) is 0 Å². The standard InChI is InChI=1S/C17H27N3O2S/c1-14(2)23-11-9-19-17(21)20-10-5-7-16(12-20)22-13-15-6-3-4-8-18-15/h3-4,6,8,14,16H,5,7,9-13H2,1-2H3,(H,19,21). The van der Waals surface area contributed by atoms with Gasteiger partial charge in [0.1, 0.15) is 0 Å². The molecule has 1 saturated heterocycles. The number of piperidine rings is 1. The van der Waals surface area contributed by atoms with E-state index in [4.69, 9.17) is 4.74 Å². The van der Waals surface area contributed by atoms with Crippen LogP contribution in [-0.2, 0) is 11.3 Å². The van der Waals surface area contributed by atoms with Gasteiger partial charge < -0.3 is 15.0 Å². The van der Waals surface area contributed by atoms with Crippen molar-refractivity contribution < 1.29 is 9.53 Å². The molecule has 6 heteroatoms. The molecule has 2 heterocycles. The number of likely N-dealkylation sites (tertiary alicyclic amines) is 1. The fourth-order valence-corrected chi connectivity index (χ4v) is 3.20. The molecule has 128 valence electrons. The molecule has 0 aromatic carbocycles. The molecule has 1 aromatic heterocycles. The van der Waals surface area contributed by atoms with Gasteiger partial charge in [0, 0.05) is 31.6 Å². The summed E-state index contributed by atoms with van der Waals surface area (Å²) in [6.07, 6.45) is 3.86. The molecule has 0 spiro atoms. The molecule has 1 aliphatic heterocycles. The van der Waals surface area contributed by atoms with E-state index in [2.05, 4.69) is 24.1 Å². The fraction of sp³-hybridized carbons (Fsp3) is 0.647. The van der Waals surface area contributed by atoms with Crippen molar-refractivity contribution in [1.29, 1.82) is 0 Å². The molecular formula is C17H27N3O2S. The van der Waals surface area contributed by atoms with E-state index in [1.165, 1.54) is 0 Å². The number of carbonyl (C=O) groups excluding carboxylic acids is 1. The van der Waals surface area contributed by atoms with Crippen LogP contribution < -0.4 is 5.32 Å². The van der Waals surface area contributed by atoms with Crippen LogP contribution in [0, 0.1) is 0 Å². The van der Waals surface area contributed by atoms with Crippen LogP contribution in [0.25, 0.3) is 0 Å². The van der Waals surface area contributed by atoms with E-state index in [1.807, 2.05) is 34.9 Å². The van der Waals surface area contributed by atoms with E-state index in [1.54, 1.807) is 6.20 Å². The first-order valence-electron chi connectivity index (χ1n) is 8.31. The number of pyridine rings is 1. The zero-order valence-electron chi connectivity index (χ0n) is 14.0. The number of carbonyl (C=O) groups is 1. The quantitative estimate of drug-likeness (QED) is 0.777. The predicted molar refractivity (Wildman–Crippen MR) is 94.6 cm³/mol. The van der Waals surface area contributed by atoms with Gasteiger partial charge in [0.25, 0.3) is 0 Å². The van der Waals surface area contributed by atoms with Crippen molar-refractivity contribution in [2.24, 2.45) is 0 Å². The second-order valence-corrected chi connectivity index (χ2v) is 7.68. The topological polar surface area (TPSA) is 54.5 Å². The van der Waals surface area contributed by atoms with Crippen LogP contribution >= 0.6 is 11.8 Å². The van der Waals surface area contributed by atoms with Gasteiger partial charge in [-0.1, -0.05) is 19.9 Å². The van der Waals surface area contributed by atoms with Crippen LogP contribution in [0.1, 0.15) is 32.4 Å². The third-order valence-electron chi connectivity index (χ3n) is 3.69. The average molecular weight is 337 g/mol.